The number of amides is 2. The molecule has 4 rings (SSSR count). The molecule has 30 heavy (non-hydrogen) atoms. The van der Waals surface area contributed by atoms with Gasteiger partial charge >= 0.3 is 0 Å². The zero-order valence-corrected chi connectivity index (χ0v) is 16.7. The van der Waals surface area contributed by atoms with Crippen LogP contribution in [0.25, 0.3) is 0 Å². The van der Waals surface area contributed by atoms with E-state index in [1.807, 2.05) is 24.3 Å². The lowest BCUT2D eigenvalue weighted by atomic mass is 9.97. The topological polar surface area (TPSA) is 71.1 Å². The van der Waals surface area contributed by atoms with Gasteiger partial charge in [0.25, 0.3) is 5.91 Å². The molecule has 2 amide bonds. The Kier molecular flexibility index (Phi) is 5.96. The van der Waals surface area contributed by atoms with Gasteiger partial charge in [0.2, 0.25) is 5.91 Å². The van der Waals surface area contributed by atoms with Gasteiger partial charge in [-0.2, -0.15) is 0 Å². The molecule has 2 saturated heterocycles. The molecule has 2 aromatic carbocycles. The minimum absolute atomic E-state index is 0.178. The number of hydrogen-bond acceptors (Lipinski definition) is 5. The summed E-state index contributed by atoms with van der Waals surface area (Å²) in [5, 5.41) is 2.87. The minimum atomic E-state index is -0.905. The predicted octanol–water partition coefficient (Wildman–Crippen LogP) is 2.20. The first kappa shape index (κ1) is 20.3. The summed E-state index contributed by atoms with van der Waals surface area (Å²) in [7, 11) is 1.62. The Morgan fingerprint density at radius 2 is 1.73 bits per heavy atom. The highest BCUT2D eigenvalue weighted by molar-refractivity contribution is 5.96. The molecule has 0 aliphatic carbocycles. The first-order chi connectivity index (χ1) is 14.5. The summed E-state index contributed by atoms with van der Waals surface area (Å²) in [5.74, 6) is -0.975. The summed E-state index contributed by atoms with van der Waals surface area (Å²) in [6, 6.07) is 12.7. The number of carbonyl (C=O) groups excluding carboxylic acids is 2. The molecular weight excluding hydrogens is 389 g/mol. The first-order valence-electron chi connectivity index (χ1n) is 9.89. The lowest BCUT2D eigenvalue weighted by molar-refractivity contribution is -0.160. The maximum atomic E-state index is 13.3. The number of halogens is 1. The van der Waals surface area contributed by atoms with Crippen molar-refractivity contribution in [3.63, 3.8) is 0 Å². The number of hydrogen-bond donors (Lipinski definition) is 1. The summed E-state index contributed by atoms with van der Waals surface area (Å²) in [6.45, 7) is 2.90. The molecule has 0 unspecified atom stereocenters. The molecule has 0 saturated carbocycles. The minimum Gasteiger partial charge on any atom is -0.378 e. The van der Waals surface area contributed by atoms with E-state index in [1.165, 1.54) is 17.0 Å². The number of anilines is 2. The first-order valence-corrected chi connectivity index (χ1v) is 9.89. The molecule has 0 spiro atoms. The van der Waals surface area contributed by atoms with Crippen molar-refractivity contribution < 1.29 is 23.5 Å². The van der Waals surface area contributed by atoms with Gasteiger partial charge < -0.3 is 24.6 Å². The van der Waals surface area contributed by atoms with E-state index in [0.717, 1.165) is 18.8 Å². The van der Waals surface area contributed by atoms with Crippen LogP contribution < -0.4 is 10.2 Å². The Bertz CT molecular complexity index is 898. The Hall–Kier alpha value is -2.97. The van der Waals surface area contributed by atoms with E-state index in [2.05, 4.69) is 10.2 Å². The Morgan fingerprint density at radius 3 is 2.40 bits per heavy atom. The van der Waals surface area contributed by atoms with Crippen molar-refractivity contribution in [3.05, 3.63) is 59.9 Å². The number of likely N-dealkylation sites (N-methyl/N-ethyl adjacent to an activating group) is 1. The van der Waals surface area contributed by atoms with E-state index in [-0.39, 0.29) is 24.2 Å². The van der Waals surface area contributed by atoms with Crippen LogP contribution in [0.15, 0.2) is 48.5 Å². The molecule has 2 heterocycles. The van der Waals surface area contributed by atoms with Crippen molar-refractivity contribution >= 4 is 23.2 Å². The Labute approximate surface area is 174 Å². The molecule has 2 atom stereocenters. The molecule has 2 aromatic rings. The maximum absolute atomic E-state index is 13.3. The second-order valence-corrected chi connectivity index (χ2v) is 7.37. The average Bonchev–Trinajstić information content (AvgIpc) is 2.77. The van der Waals surface area contributed by atoms with Gasteiger partial charge in [0, 0.05) is 31.5 Å². The summed E-state index contributed by atoms with van der Waals surface area (Å²) in [4.78, 5) is 28.8. The van der Waals surface area contributed by atoms with Crippen LogP contribution in [0.4, 0.5) is 15.8 Å². The standard InChI is InChI=1S/C22H24FN3O4/c1-25-19(27)14-30-21(20(25)15-2-4-16(23)5-3-15)22(28)24-17-6-8-18(9-7-17)26-10-12-29-13-11-26/h2-9,20-21H,10-14H2,1H3,(H,24,28)/t20-,21-/m1/s1. The second kappa shape index (κ2) is 8.81. The number of rotatable bonds is 4. The largest absolute Gasteiger partial charge is 0.378 e. The zero-order valence-electron chi connectivity index (χ0n) is 16.7. The average molecular weight is 413 g/mol. The molecular formula is C22H24FN3O4. The molecule has 8 heteroatoms. The van der Waals surface area contributed by atoms with E-state index >= 15 is 0 Å². The quantitative estimate of drug-likeness (QED) is 0.832. The van der Waals surface area contributed by atoms with Gasteiger partial charge in [-0.3, -0.25) is 9.59 Å². The molecule has 158 valence electrons. The van der Waals surface area contributed by atoms with Gasteiger partial charge in [-0.15, -0.1) is 0 Å². The van der Waals surface area contributed by atoms with Crippen LogP contribution >= 0.6 is 0 Å². The highest BCUT2D eigenvalue weighted by atomic mass is 19.1. The van der Waals surface area contributed by atoms with Crippen LogP contribution in [-0.2, 0) is 19.1 Å². The molecule has 2 fully saturated rings. The van der Waals surface area contributed by atoms with E-state index < -0.39 is 12.1 Å². The smallest absolute Gasteiger partial charge is 0.256 e. The molecule has 0 bridgehead atoms. The zero-order chi connectivity index (χ0) is 21.1. The lowest BCUT2D eigenvalue weighted by Crippen LogP contribution is -2.51. The van der Waals surface area contributed by atoms with Crippen molar-refractivity contribution in [3.8, 4) is 0 Å². The van der Waals surface area contributed by atoms with Crippen LogP contribution in [-0.4, -0.2) is 62.8 Å². The van der Waals surface area contributed by atoms with Gasteiger partial charge in [0.15, 0.2) is 6.10 Å². The van der Waals surface area contributed by atoms with E-state index in [0.29, 0.717) is 24.5 Å². The third-order valence-corrected chi connectivity index (χ3v) is 5.46. The number of nitrogens with one attached hydrogen (secondary N) is 1. The van der Waals surface area contributed by atoms with Crippen molar-refractivity contribution in [2.24, 2.45) is 0 Å². The number of nitrogens with zero attached hydrogens (tertiary/aromatic N) is 2. The fraction of sp³-hybridized carbons (Fsp3) is 0.364. The molecule has 0 radical (unpaired) electrons. The summed E-state index contributed by atoms with van der Waals surface area (Å²) in [6.07, 6.45) is -0.905. The van der Waals surface area contributed by atoms with Gasteiger partial charge in [-0.25, -0.2) is 4.39 Å². The van der Waals surface area contributed by atoms with E-state index in [1.54, 1.807) is 19.2 Å². The number of benzene rings is 2. The third-order valence-electron chi connectivity index (χ3n) is 5.46. The Morgan fingerprint density at radius 1 is 1.07 bits per heavy atom. The van der Waals surface area contributed by atoms with Crippen molar-refractivity contribution in [1.29, 1.82) is 0 Å². The number of carbonyl (C=O) groups is 2. The van der Waals surface area contributed by atoms with Crippen LogP contribution in [0.2, 0.25) is 0 Å². The number of ether oxygens (including phenoxy) is 2. The van der Waals surface area contributed by atoms with Gasteiger partial charge in [0.05, 0.1) is 19.3 Å². The Balaban J connectivity index is 1.49. The van der Waals surface area contributed by atoms with Gasteiger partial charge in [-0.05, 0) is 42.0 Å². The monoisotopic (exact) mass is 413 g/mol. The van der Waals surface area contributed by atoms with Gasteiger partial charge in [-0.1, -0.05) is 12.1 Å². The van der Waals surface area contributed by atoms with Crippen molar-refractivity contribution in [2.45, 2.75) is 12.1 Å². The third kappa shape index (κ3) is 4.29. The van der Waals surface area contributed by atoms with Crippen LogP contribution in [0.1, 0.15) is 11.6 Å². The predicted molar refractivity (Wildman–Crippen MR) is 110 cm³/mol. The lowest BCUT2D eigenvalue weighted by Gasteiger charge is -2.38. The normalized spacial score (nSPS) is 22.1. The van der Waals surface area contributed by atoms with E-state index in [9.17, 15) is 14.0 Å². The van der Waals surface area contributed by atoms with Crippen molar-refractivity contribution in [1.82, 2.24) is 4.90 Å². The number of morpholine rings is 2. The SMILES string of the molecule is CN1C(=O)CO[C@@H](C(=O)Nc2ccc(N3CCOCC3)cc2)[C@H]1c1ccc(F)cc1. The molecule has 7 nitrogen and oxygen atoms in total. The molecule has 1 N–H and O–H groups in total. The summed E-state index contributed by atoms with van der Waals surface area (Å²) >= 11 is 0. The van der Waals surface area contributed by atoms with Crippen LogP contribution in [0, 0.1) is 5.82 Å². The highest BCUT2D eigenvalue weighted by Gasteiger charge is 2.40. The highest BCUT2D eigenvalue weighted by Crippen LogP contribution is 2.30. The fourth-order valence-electron chi connectivity index (χ4n) is 3.78. The van der Waals surface area contributed by atoms with Crippen LogP contribution in [0.3, 0.4) is 0 Å². The van der Waals surface area contributed by atoms with Gasteiger partial charge in [0.1, 0.15) is 12.4 Å². The second-order valence-electron chi connectivity index (χ2n) is 7.37. The molecule has 0 aromatic heterocycles. The summed E-state index contributed by atoms with van der Waals surface area (Å²) in [5.41, 5.74) is 2.34. The summed E-state index contributed by atoms with van der Waals surface area (Å²) < 4.78 is 24.3. The fourth-order valence-corrected chi connectivity index (χ4v) is 3.78. The molecule has 2 aliphatic rings. The van der Waals surface area contributed by atoms with E-state index in [4.69, 9.17) is 9.47 Å². The molecule has 2 aliphatic heterocycles. The maximum Gasteiger partial charge on any atom is 0.256 e. The van der Waals surface area contributed by atoms with Crippen LogP contribution in [0.5, 0.6) is 0 Å². The van der Waals surface area contributed by atoms with Crippen molar-refractivity contribution in [2.75, 3.05) is 50.2 Å².